The van der Waals surface area contributed by atoms with Crippen LogP contribution in [0.5, 0.6) is 0 Å². The third-order valence-corrected chi connectivity index (χ3v) is 3.86. The summed E-state index contributed by atoms with van der Waals surface area (Å²) in [5.74, 6) is -0.491. The SMILES string of the molecule is Cc1cc(C(=O)N2CCCC(O)C2)nn1-c1ccc(F)cc1. The molecule has 1 fully saturated rings. The van der Waals surface area contributed by atoms with Crippen molar-refractivity contribution in [3.05, 3.63) is 47.5 Å². The van der Waals surface area contributed by atoms with Crippen LogP contribution >= 0.6 is 0 Å². The standard InChI is InChI=1S/C16H18FN3O2/c1-11-9-15(16(22)19-8-2-3-14(21)10-19)18-20(11)13-6-4-12(17)5-7-13/h4-7,9,14,21H,2-3,8,10H2,1H3. The molecule has 0 bridgehead atoms. The molecule has 22 heavy (non-hydrogen) atoms. The maximum atomic E-state index is 13.0. The van der Waals surface area contributed by atoms with Gasteiger partial charge in [0.2, 0.25) is 0 Å². The molecule has 116 valence electrons. The van der Waals surface area contributed by atoms with Crippen LogP contribution in [-0.2, 0) is 0 Å². The molecule has 5 nitrogen and oxygen atoms in total. The Morgan fingerprint density at radius 1 is 1.36 bits per heavy atom. The van der Waals surface area contributed by atoms with Crippen LogP contribution in [0.1, 0.15) is 29.0 Å². The zero-order valence-electron chi connectivity index (χ0n) is 12.4. The molecule has 2 aromatic rings. The Bertz CT molecular complexity index is 681. The summed E-state index contributed by atoms with van der Waals surface area (Å²) in [6.07, 6.45) is 1.06. The fourth-order valence-electron chi connectivity index (χ4n) is 2.72. The lowest BCUT2D eigenvalue weighted by atomic mass is 10.1. The Labute approximate surface area is 128 Å². The van der Waals surface area contributed by atoms with E-state index in [4.69, 9.17) is 0 Å². The summed E-state index contributed by atoms with van der Waals surface area (Å²) in [6.45, 7) is 2.83. The maximum Gasteiger partial charge on any atom is 0.274 e. The molecule has 1 N–H and O–H groups in total. The van der Waals surface area contributed by atoms with E-state index in [1.54, 1.807) is 27.8 Å². The zero-order chi connectivity index (χ0) is 15.7. The minimum atomic E-state index is -0.460. The van der Waals surface area contributed by atoms with Crippen molar-refractivity contribution >= 4 is 5.91 Å². The highest BCUT2D eigenvalue weighted by Gasteiger charge is 2.25. The van der Waals surface area contributed by atoms with Gasteiger partial charge in [-0.05, 0) is 50.1 Å². The molecule has 0 saturated carbocycles. The summed E-state index contributed by atoms with van der Waals surface area (Å²) in [6, 6.07) is 7.67. The van der Waals surface area contributed by atoms with E-state index in [1.807, 2.05) is 6.92 Å². The number of aryl methyl sites for hydroxylation is 1. The molecule has 1 unspecified atom stereocenters. The third kappa shape index (κ3) is 2.87. The monoisotopic (exact) mass is 303 g/mol. The second kappa shape index (κ2) is 5.88. The van der Waals surface area contributed by atoms with Crippen LogP contribution < -0.4 is 0 Å². The number of piperidine rings is 1. The van der Waals surface area contributed by atoms with Gasteiger partial charge in [0.05, 0.1) is 11.8 Å². The normalized spacial score (nSPS) is 18.5. The predicted octanol–water partition coefficient (Wildman–Crippen LogP) is 1.92. The van der Waals surface area contributed by atoms with Crippen molar-refractivity contribution < 1.29 is 14.3 Å². The first-order chi connectivity index (χ1) is 10.5. The van der Waals surface area contributed by atoms with Crippen LogP contribution in [0.15, 0.2) is 30.3 Å². The van der Waals surface area contributed by atoms with Gasteiger partial charge in [-0.25, -0.2) is 9.07 Å². The van der Waals surface area contributed by atoms with Crippen LogP contribution in [0.25, 0.3) is 5.69 Å². The summed E-state index contributed by atoms with van der Waals surface area (Å²) in [4.78, 5) is 14.1. The summed E-state index contributed by atoms with van der Waals surface area (Å²) in [5, 5.41) is 14.0. The van der Waals surface area contributed by atoms with E-state index in [2.05, 4.69) is 5.10 Å². The summed E-state index contributed by atoms with van der Waals surface area (Å²) >= 11 is 0. The average Bonchev–Trinajstić information content (AvgIpc) is 2.89. The number of rotatable bonds is 2. The Morgan fingerprint density at radius 3 is 2.77 bits per heavy atom. The van der Waals surface area contributed by atoms with Gasteiger partial charge < -0.3 is 10.0 Å². The van der Waals surface area contributed by atoms with Gasteiger partial charge in [-0.15, -0.1) is 0 Å². The predicted molar refractivity (Wildman–Crippen MR) is 79.4 cm³/mol. The third-order valence-electron chi connectivity index (χ3n) is 3.86. The number of benzene rings is 1. The van der Waals surface area contributed by atoms with Gasteiger partial charge in [-0.3, -0.25) is 4.79 Å². The van der Waals surface area contributed by atoms with Crippen molar-refractivity contribution in [1.29, 1.82) is 0 Å². The Balaban J connectivity index is 1.85. The molecule has 1 aliphatic heterocycles. The molecule has 1 aromatic carbocycles. The first-order valence-electron chi connectivity index (χ1n) is 7.34. The highest BCUT2D eigenvalue weighted by atomic mass is 19.1. The second-order valence-corrected chi connectivity index (χ2v) is 5.61. The number of hydrogen-bond donors (Lipinski definition) is 1. The van der Waals surface area contributed by atoms with E-state index in [0.717, 1.165) is 18.5 Å². The summed E-state index contributed by atoms with van der Waals surface area (Å²) < 4.78 is 14.6. The van der Waals surface area contributed by atoms with Crippen molar-refractivity contribution in [1.82, 2.24) is 14.7 Å². The molecular weight excluding hydrogens is 285 g/mol. The number of aliphatic hydroxyl groups excluding tert-OH is 1. The van der Waals surface area contributed by atoms with Crippen LogP contribution in [0.3, 0.4) is 0 Å². The van der Waals surface area contributed by atoms with E-state index in [0.29, 0.717) is 24.5 Å². The minimum Gasteiger partial charge on any atom is -0.391 e. The number of hydrogen-bond acceptors (Lipinski definition) is 3. The molecule has 3 rings (SSSR count). The van der Waals surface area contributed by atoms with Gasteiger partial charge in [0, 0.05) is 18.8 Å². The number of amides is 1. The van der Waals surface area contributed by atoms with Gasteiger partial charge in [-0.1, -0.05) is 0 Å². The number of halogens is 1. The van der Waals surface area contributed by atoms with Crippen molar-refractivity contribution in [2.45, 2.75) is 25.9 Å². The summed E-state index contributed by atoms with van der Waals surface area (Å²) in [7, 11) is 0. The van der Waals surface area contributed by atoms with E-state index in [9.17, 15) is 14.3 Å². The maximum absolute atomic E-state index is 13.0. The van der Waals surface area contributed by atoms with E-state index < -0.39 is 6.10 Å². The number of likely N-dealkylation sites (tertiary alicyclic amines) is 1. The topological polar surface area (TPSA) is 58.4 Å². The van der Waals surface area contributed by atoms with Gasteiger partial charge in [0.25, 0.3) is 5.91 Å². The van der Waals surface area contributed by atoms with Crippen molar-refractivity contribution in [2.75, 3.05) is 13.1 Å². The molecule has 1 aromatic heterocycles. The fraction of sp³-hybridized carbons (Fsp3) is 0.375. The quantitative estimate of drug-likeness (QED) is 0.922. The van der Waals surface area contributed by atoms with E-state index >= 15 is 0 Å². The molecule has 6 heteroatoms. The van der Waals surface area contributed by atoms with E-state index in [1.165, 1.54) is 12.1 Å². The van der Waals surface area contributed by atoms with Gasteiger partial charge in [0.15, 0.2) is 5.69 Å². The number of aromatic nitrogens is 2. The fourth-order valence-corrected chi connectivity index (χ4v) is 2.72. The lowest BCUT2D eigenvalue weighted by Gasteiger charge is -2.29. The first kappa shape index (κ1) is 14.7. The second-order valence-electron chi connectivity index (χ2n) is 5.61. The molecule has 1 saturated heterocycles. The molecule has 1 aliphatic rings. The number of carbonyl (C=O) groups excluding carboxylic acids is 1. The number of nitrogens with zero attached hydrogens (tertiary/aromatic N) is 3. The van der Waals surface area contributed by atoms with Crippen LogP contribution in [0, 0.1) is 12.7 Å². The van der Waals surface area contributed by atoms with Crippen molar-refractivity contribution in [3.8, 4) is 5.69 Å². The first-order valence-corrected chi connectivity index (χ1v) is 7.34. The molecular formula is C16H18FN3O2. The van der Waals surface area contributed by atoms with Crippen molar-refractivity contribution in [3.63, 3.8) is 0 Å². The molecule has 1 atom stereocenters. The molecule has 0 aliphatic carbocycles. The van der Waals surface area contributed by atoms with Gasteiger partial charge in [-0.2, -0.15) is 5.10 Å². The van der Waals surface area contributed by atoms with Crippen LogP contribution in [0.2, 0.25) is 0 Å². The number of carbonyl (C=O) groups is 1. The molecule has 0 radical (unpaired) electrons. The Kier molecular flexibility index (Phi) is 3.94. The van der Waals surface area contributed by atoms with Crippen LogP contribution in [-0.4, -0.2) is 44.9 Å². The summed E-state index contributed by atoms with van der Waals surface area (Å²) in [5.41, 5.74) is 1.85. The molecule has 0 spiro atoms. The number of aliphatic hydroxyl groups is 1. The van der Waals surface area contributed by atoms with Gasteiger partial charge >= 0.3 is 0 Å². The number of β-amino-alcohol motifs (C(OH)–C–C–N with tert-alkyl or cyclic N) is 1. The smallest absolute Gasteiger partial charge is 0.274 e. The van der Waals surface area contributed by atoms with Gasteiger partial charge in [0.1, 0.15) is 5.82 Å². The zero-order valence-corrected chi connectivity index (χ0v) is 12.4. The van der Waals surface area contributed by atoms with Crippen molar-refractivity contribution in [2.24, 2.45) is 0 Å². The molecule has 2 heterocycles. The highest BCUT2D eigenvalue weighted by molar-refractivity contribution is 5.92. The minimum absolute atomic E-state index is 0.178. The van der Waals surface area contributed by atoms with E-state index in [-0.39, 0.29) is 11.7 Å². The lowest BCUT2D eigenvalue weighted by Crippen LogP contribution is -2.42. The highest BCUT2D eigenvalue weighted by Crippen LogP contribution is 2.16. The van der Waals surface area contributed by atoms with Crippen LogP contribution in [0.4, 0.5) is 4.39 Å². The Hall–Kier alpha value is -2.21. The molecule has 1 amide bonds. The largest absolute Gasteiger partial charge is 0.391 e. The lowest BCUT2D eigenvalue weighted by molar-refractivity contribution is 0.0468. The Morgan fingerprint density at radius 2 is 2.09 bits per heavy atom. The average molecular weight is 303 g/mol.